The number of hydrogen-bond acceptors (Lipinski definition) is 3. The largest absolute Gasteiger partial charge is 0.326 e. The van der Waals surface area contributed by atoms with E-state index in [0.717, 1.165) is 11.1 Å². The predicted octanol–water partition coefficient (Wildman–Crippen LogP) is 1.62. The van der Waals surface area contributed by atoms with Gasteiger partial charge in [0.25, 0.3) is 0 Å². The van der Waals surface area contributed by atoms with Gasteiger partial charge in [0, 0.05) is 13.1 Å². The van der Waals surface area contributed by atoms with Crippen molar-refractivity contribution < 1.29 is 8.42 Å². The SMILES string of the molecule is NCc1ccc(S(=O)(=O)NCc2ccccc2)cc1. The summed E-state index contributed by atoms with van der Waals surface area (Å²) in [7, 11) is -3.47. The molecule has 2 aromatic carbocycles. The van der Waals surface area contributed by atoms with Crippen LogP contribution < -0.4 is 10.5 Å². The fourth-order valence-corrected chi connectivity index (χ4v) is 2.68. The van der Waals surface area contributed by atoms with Crippen molar-refractivity contribution in [2.75, 3.05) is 0 Å². The Morgan fingerprint density at radius 1 is 0.895 bits per heavy atom. The van der Waals surface area contributed by atoms with Crippen molar-refractivity contribution in [1.82, 2.24) is 4.72 Å². The maximum absolute atomic E-state index is 12.1. The van der Waals surface area contributed by atoms with Crippen LogP contribution in [0.1, 0.15) is 11.1 Å². The number of hydrogen-bond donors (Lipinski definition) is 2. The Hall–Kier alpha value is -1.69. The number of nitrogens with one attached hydrogen (secondary N) is 1. The van der Waals surface area contributed by atoms with Crippen LogP contribution in [-0.4, -0.2) is 8.42 Å². The summed E-state index contributed by atoms with van der Waals surface area (Å²) in [6, 6.07) is 16.0. The molecular formula is C14H16N2O2S. The molecule has 0 aliphatic rings. The summed E-state index contributed by atoms with van der Waals surface area (Å²) in [5.74, 6) is 0. The summed E-state index contributed by atoms with van der Waals surface area (Å²) >= 11 is 0. The molecule has 0 aromatic heterocycles. The molecule has 3 N–H and O–H groups in total. The lowest BCUT2D eigenvalue weighted by molar-refractivity contribution is 0.581. The van der Waals surface area contributed by atoms with Crippen molar-refractivity contribution in [2.24, 2.45) is 5.73 Å². The lowest BCUT2D eigenvalue weighted by atomic mass is 10.2. The first kappa shape index (κ1) is 13.7. The normalized spacial score (nSPS) is 11.4. The highest BCUT2D eigenvalue weighted by Gasteiger charge is 2.12. The quantitative estimate of drug-likeness (QED) is 0.871. The molecule has 0 atom stereocenters. The van der Waals surface area contributed by atoms with Crippen LogP contribution in [-0.2, 0) is 23.1 Å². The summed E-state index contributed by atoms with van der Waals surface area (Å²) in [6.07, 6.45) is 0. The highest BCUT2D eigenvalue weighted by Crippen LogP contribution is 2.11. The first-order chi connectivity index (χ1) is 9.12. The van der Waals surface area contributed by atoms with Crippen LogP contribution in [0.25, 0.3) is 0 Å². The first-order valence-corrected chi connectivity index (χ1v) is 7.43. The van der Waals surface area contributed by atoms with Crippen molar-refractivity contribution in [2.45, 2.75) is 18.0 Å². The van der Waals surface area contributed by atoms with Gasteiger partial charge in [0.15, 0.2) is 0 Å². The molecule has 2 rings (SSSR count). The van der Waals surface area contributed by atoms with Gasteiger partial charge in [-0.15, -0.1) is 0 Å². The third-order valence-electron chi connectivity index (χ3n) is 2.78. The number of rotatable bonds is 5. The molecule has 4 nitrogen and oxygen atoms in total. The summed E-state index contributed by atoms with van der Waals surface area (Å²) in [5.41, 5.74) is 7.30. The van der Waals surface area contributed by atoms with Gasteiger partial charge >= 0.3 is 0 Å². The van der Waals surface area contributed by atoms with Crippen LogP contribution in [0.15, 0.2) is 59.5 Å². The molecule has 0 saturated heterocycles. The van der Waals surface area contributed by atoms with E-state index < -0.39 is 10.0 Å². The molecular weight excluding hydrogens is 260 g/mol. The molecule has 0 amide bonds. The predicted molar refractivity (Wildman–Crippen MR) is 74.8 cm³/mol. The smallest absolute Gasteiger partial charge is 0.240 e. The topological polar surface area (TPSA) is 72.2 Å². The fourth-order valence-electron chi connectivity index (χ4n) is 1.66. The highest BCUT2D eigenvalue weighted by molar-refractivity contribution is 7.89. The number of nitrogens with two attached hydrogens (primary N) is 1. The van der Waals surface area contributed by atoms with Crippen LogP contribution in [0.2, 0.25) is 0 Å². The average molecular weight is 276 g/mol. The Morgan fingerprint density at radius 3 is 2.11 bits per heavy atom. The van der Waals surface area contributed by atoms with Gasteiger partial charge in [-0.3, -0.25) is 0 Å². The fraction of sp³-hybridized carbons (Fsp3) is 0.143. The molecule has 0 saturated carbocycles. The highest BCUT2D eigenvalue weighted by atomic mass is 32.2. The van der Waals surface area contributed by atoms with E-state index in [1.165, 1.54) is 0 Å². The van der Waals surface area contributed by atoms with Crippen LogP contribution in [0, 0.1) is 0 Å². The minimum absolute atomic E-state index is 0.251. The van der Waals surface area contributed by atoms with Crippen molar-refractivity contribution in [3.8, 4) is 0 Å². The van der Waals surface area contributed by atoms with E-state index in [4.69, 9.17) is 5.73 Å². The molecule has 0 aliphatic carbocycles. The van der Waals surface area contributed by atoms with Gasteiger partial charge in [-0.2, -0.15) is 0 Å². The molecule has 0 bridgehead atoms. The third kappa shape index (κ3) is 3.64. The molecule has 0 aliphatic heterocycles. The minimum atomic E-state index is -3.47. The molecule has 0 fully saturated rings. The zero-order chi connectivity index (χ0) is 13.7. The second-order valence-corrected chi connectivity index (χ2v) is 5.93. The maximum atomic E-state index is 12.1. The number of benzene rings is 2. The van der Waals surface area contributed by atoms with Crippen molar-refractivity contribution in [3.63, 3.8) is 0 Å². The van der Waals surface area contributed by atoms with Gasteiger partial charge in [-0.25, -0.2) is 13.1 Å². The third-order valence-corrected chi connectivity index (χ3v) is 4.20. The molecule has 19 heavy (non-hydrogen) atoms. The second-order valence-electron chi connectivity index (χ2n) is 4.16. The van der Waals surface area contributed by atoms with Crippen molar-refractivity contribution in [1.29, 1.82) is 0 Å². The van der Waals surface area contributed by atoms with Crippen LogP contribution in [0.3, 0.4) is 0 Å². The van der Waals surface area contributed by atoms with Gasteiger partial charge in [0.2, 0.25) is 10.0 Å². The standard InChI is InChI=1S/C14H16N2O2S/c15-10-12-6-8-14(9-7-12)19(17,18)16-11-13-4-2-1-3-5-13/h1-9,16H,10-11,15H2. The minimum Gasteiger partial charge on any atom is -0.326 e. The van der Waals surface area contributed by atoms with E-state index in [-0.39, 0.29) is 11.4 Å². The van der Waals surface area contributed by atoms with E-state index in [2.05, 4.69) is 4.72 Å². The Balaban J connectivity index is 2.09. The zero-order valence-corrected chi connectivity index (χ0v) is 11.2. The molecule has 0 heterocycles. The number of sulfonamides is 1. The van der Waals surface area contributed by atoms with Crippen LogP contribution in [0.4, 0.5) is 0 Å². The van der Waals surface area contributed by atoms with E-state index in [1.54, 1.807) is 24.3 Å². The molecule has 0 unspecified atom stereocenters. The van der Waals surface area contributed by atoms with Crippen LogP contribution >= 0.6 is 0 Å². The van der Waals surface area contributed by atoms with Crippen molar-refractivity contribution in [3.05, 3.63) is 65.7 Å². The molecule has 0 spiro atoms. The van der Waals surface area contributed by atoms with E-state index in [1.807, 2.05) is 30.3 Å². The van der Waals surface area contributed by atoms with Gasteiger partial charge in [0.05, 0.1) is 4.90 Å². The Labute approximate surface area is 113 Å². The Bertz CT molecular complexity index is 622. The van der Waals surface area contributed by atoms with Gasteiger partial charge in [0.1, 0.15) is 0 Å². The van der Waals surface area contributed by atoms with Crippen LogP contribution in [0.5, 0.6) is 0 Å². The van der Waals surface area contributed by atoms with Gasteiger partial charge in [-0.05, 0) is 23.3 Å². The molecule has 5 heteroatoms. The van der Waals surface area contributed by atoms with E-state index in [0.29, 0.717) is 6.54 Å². The lowest BCUT2D eigenvalue weighted by Crippen LogP contribution is -2.23. The monoisotopic (exact) mass is 276 g/mol. The molecule has 2 aromatic rings. The van der Waals surface area contributed by atoms with E-state index >= 15 is 0 Å². The average Bonchev–Trinajstić information content (AvgIpc) is 2.46. The zero-order valence-electron chi connectivity index (χ0n) is 10.4. The second kappa shape index (κ2) is 5.97. The maximum Gasteiger partial charge on any atom is 0.240 e. The van der Waals surface area contributed by atoms with Crippen molar-refractivity contribution >= 4 is 10.0 Å². The summed E-state index contributed by atoms with van der Waals surface area (Å²) in [5, 5.41) is 0. The first-order valence-electron chi connectivity index (χ1n) is 5.94. The van der Waals surface area contributed by atoms with Gasteiger partial charge < -0.3 is 5.73 Å². The Morgan fingerprint density at radius 2 is 1.53 bits per heavy atom. The Kier molecular flexibility index (Phi) is 4.31. The summed E-state index contributed by atoms with van der Waals surface area (Å²) in [6.45, 7) is 0.680. The lowest BCUT2D eigenvalue weighted by Gasteiger charge is -2.07. The van der Waals surface area contributed by atoms with Gasteiger partial charge in [-0.1, -0.05) is 42.5 Å². The summed E-state index contributed by atoms with van der Waals surface area (Å²) < 4.78 is 26.7. The van der Waals surface area contributed by atoms with E-state index in [9.17, 15) is 8.42 Å². The molecule has 100 valence electrons. The summed E-state index contributed by atoms with van der Waals surface area (Å²) in [4.78, 5) is 0.251. The molecule has 0 radical (unpaired) electrons.